The molecule has 2 rings (SSSR count). The lowest BCUT2D eigenvalue weighted by Crippen LogP contribution is -2.36. The van der Waals surface area contributed by atoms with Crippen molar-refractivity contribution in [3.05, 3.63) is 52.5 Å². The van der Waals surface area contributed by atoms with Crippen LogP contribution in [0, 0.1) is 6.92 Å². The molecule has 0 bridgehead atoms. The van der Waals surface area contributed by atoms with E-state index in [0.717, 1.165) is 24.0 Å². The smallest absolute Gasteiger partial charge is 0.302 e. The summed E-state index contributed by atoms with van der Waals surface area (Å²) in [7, 11) is 0. The minimum atomic E-state index is -0.218. The summed E-state index contributed by atoms with van der Waals surface area (Å²) in [6.07, 6.45) is 4.98. The summed E-state index contributed by atoms with van der Waals surface area (Å²) in [6.45, 7) is 5.72. The van der Waals surface area contributed by atoms with Gasteiger partial charge in [-0.25, -0.2) is 9.13 Å². The summed E-state index contributed by atoms with van der Waals surface area (Å²) in [6, 6.07) is 8.35. The van der Waals surface area contributed by atoms with Crippen LogP contribution in [0.1, 0.15) is 24.7 Å². The molecule has 0 radical (unpaired) electrons. The number of nitrogens with zero attached hydrogens (tertiary/aromatic N) is 2. The average Bonchev–Trinajstić information content (AvgIpc) is 2.79. The monoisotopic (exact) mass is 351 g/mol. The summed E-state index contributed by atoms with van der Waals surface area (Å²) in [4.78, 5) is 10.7. The number of imidazole rings is 1. The lowest BCUT2D eigenvalue weighted by Gasteiger charge is -2.03. The molecule has 0 fully saturated rings. The molecule has 0 saturated heterocycles. The van der Waals surface area contributed by atoms with Crippen LogP contribution in [-0.4, -0.2) is 17.1 Å². The lowest BCUT2D eigenvalue weighted by atomic mass is 10.2. The number of rotatable bonds is 6. The summed E-state index contributed by atoms with van der Waals surface area (Å²) in [5.74, 6) is 0.977. The van der Waals surface area contributed by atoms with Crippen LogP contribution >= 0.6 is 15.9 Å². The van der Waals surface area contributed by atoms with Gasteiger partial charge >= 0.3 is 5.97 Å². The van der Waals surface area contributed by atoms with E-state index in [4.69, 9.17) is 4.74 Å². The number of carbonyl (C=O) groups excluding carboxylic acids is 1. The maximum atomic E-state index is 10.7. The normalized spacial score (nSPS) is 10.6. The molecule has 0 aliphatic rings. The highest BCUT2D eigenvalue weighted by molar-refractivity contribution is 9.10. The molecule has 1 aromatic heterocycles. The van der Waals surface area contributed by atoms with E-state index in [9.17, 15) is 4.79 Å². The Morgan fingerprint density at radius 1 is 1.33 bits per heavy atom. The van der Waals surface area contributed by atoms with Gasteiger partial charge in [0, 0.05) is 24.7 Å². The number of ether oxygens (including phenoxy) is 1. The van der Waals surface area contributed by atoms with Crippen LogP contribution in [0.3, 0.4) is 0 Å². The Kier molecular flexibility index (Phi) is 5.56. The van der Waals surface area contributed by atoms with Gasteiger partial charge in [0.05, 0.1) is 13.2 Å². The fraction of sp³-hybridized carbons (Fsp3) is 0.375. The molecule has 21 heavy (non-hydrogen) atoms. The quantitative estimate of drug-likeness (QED) is 0.455. The van der Waals surface area contributed by atoms with Crippen molar-refractivity contribution in [1.82, 2.24) is 4.57 Å². The second kappa shape index (κ2) is 7.41. The van der Waals surface area contributed by atoms with Crippen molar-refractivity contribution in [3.8, 4) is 0 Å². The number of carbonyl (C=O) groups is 1. The molecule has 0 N–H and O–H groups in total. The molecular weight excluding hydrogens is 332 g/mol. The Hall–Kier alpha value is -1.62. The maximum Gasteiger partial charge on any atom is 0.302 e. The predicted octanol–water partition coefficient (Wildman–Crippen LogP) is 2.85. The van der Waals surface area contributed by atoms with E-state index in [1.54, 1.807) is 0 Å². The number of hydrogen-bond donors (Lipinski definition) is 0. The van der Waals surface area contributed by atoms with Crippen molar-refractivity contribution in [1.29, 1.82) is 0 Å². The third-order valence-electron chi connectivity index (χ3n) is 3.37. The standard InChI is InChI=1S/C16H20BrN2O2/c1-13-18(8-3-11-21-14(2)20)9-10-19(13)12-15-4-6-16(17)7-5-15/h4-7,9-10H,3,8,11-12H2,1-2H3/q+1. The number of esters is 1. The van der Waals surface area contributed by atoms with Crippen LogP contribution in [0.2, 0.25) is 0 Å². The number of aromatic nitrogens is 2. The Morgan fingerprint density at radius 2 is 2.05 bits per heavy atom. The maximum absolute atomic E-state index is 10.7. The van der Waals surface area contributed by atoms with Gasteiger partial charge in [0.1, 0.15) is 18.9 Å². The average molecular weight is 352 g/mol. The topological polar surface area (TPSA) is 35.1 Å². The van der Waals surface area contributed by atoms with Crippen LogP contribution in [-0.2, 0) is 22.6 Å². The van der Waals surface area contributed by atoms with Crippen LogP contribution in [0.5, 0.6) is 0 Å². The summed E-state index contributed by atoms with van der Waals surface area (Å²) < 4.78 is 10.4. The van der Waals surface area contributed by atoms with Crippen LogP contribution in [0.4, 0.5) is 0 Å². The number of benzene rings is 1. The van der Waals surface area contributed by atoms with Gasteiger partial charge in [-0.2, -0.15) is 0 Å². The van der Waals surface area contributed by atoms with Crippen molar-refractivity contribution >= 4 is 21.9 Å². The molecule has 0 unspecified atom stereocenters. The van der Waals surface area contributed by atoms with Gasteiger partial charge in [-0.15, -0.1) is 0 Å². The summed E-state index contributed by atoms with van der Waals surface area (Å²) >= 11 is 3.45. The van der Waals surface area contributed by atoms with E-state index in [1.807, 2.05) is 0 Å². The number of aryl methyl sites for hydroxylation is 1. The first-order valence-electron chi connectivity index (χ1n) is 6.99. The Morgan fingerprint density at radius 3 is 2.71 bits per heavy atom. The van der Waals surface area contributed by atoms with Gasteiger partial charge in [0.2, 0.25) is 0 Å². The zero-order valence-corrected chi connectivity index (χ0v) is 14.0. The van der Waals surface area contributed by atoms with Gasteiger partial charge < -0.3 is 4.74 Å². The number of halogens is 1. The van der Waals surface area contributed by atoms with Gasteiger partial charge in [-0.05, 0) is 17.7 Å². The third-order valence-corrected chi connectivity index (χ3v) is 3.90. The highest BCUT2D eigenvalue weighted by atomic mass is 79.9. The molecule has 0 spiro atoms. The van der Waals surface area contributed by atoms with Crippen molar-refractivity contribution < 1.29 is 14.1 Å². The van der Waals surface area contributed by atoms with E-state index >= 15 is 0 Å². The first kappa shape index (κ1) is 15.8. The second-order valence-corrected chi connectivity index (χ2v) is 5.90. The first-order valence-corrected chi connectivity index (χ1v) is 7.78. The molecule has 1 aromatic carbocycles. The molecule has 0 amide bonds. The van der Waals surface area contributed by atoms with E-state index in [1.165, 1.54) is 18.3 Å². The van der Waals surface area contributed by atoms with Crippen LogP contribution in [0.25, 0.3) is 0 Å². The SMILES string of the molecule is CC(=O)OCCCn1cc[n+](Cc2ccc(Br)cc2)c1C. The van der Waals surface area contributed by atoms with E-state index in [-0.39, 0.29) is 5.97 Å². The molecule has 4 nitrogen and oxygen atoms in total. The Balaban J connectivity index is 1.93. The van der Waals surface area contributed by atoms with Crippen LogP contribution < -0.4 is 4.57 Å². The fourth-order valence-electron chi connectivity index (χ4n) is 2.18. The molecule has 0 saturated carbocycles. The predicted molar refractivity (Wildman–Crippen MR) is 83.9 cm³/mol. The van der Waals surface area contributed by atoms with Crippen molar-refractivity contribution in [2.75, 3.05) is 6.61 Å². The summed E-state index contributed by atoms with van der Waals surface area (Å²) in [5, 5.41) is 0. The molecule has 2 aromatic rings. The minimum absolute atomic E-state index is 0.218. The van der Waals surface area contributed by atoms with Gasteiger partial charge in [0.25, 0.3) is 5.82 Å². The largest absolute Gasteiger partial charge is 0.466 e. The molecule has 0 aliphatic heterocycles. The zero-order valence-electron chi connectivity index (χ0n) is 12.4. The molecule has 1 heterocycles. The third kappa shape index (κ3) is 4.70. The van der Waals surface area contributed by atoms with Crippen molar-refractivity contribution in [2.24, 2.45) is 0 Å². The Bertz CT molecular complexity index is 605. The second-order valence-electron chi connectivity index (χ2n) is 4.99. The first-order chi connectivity index (χ1) is 10.1. The van der Waals surface area contributed by atoms with E-state index < -0.39 is 0 Å². The van der Waals surface area contributed by atoms with E-state index in [2.05, 4.69) is 68.6 Å². The molecule has 5 heteroatoms. The van der Waals surface area contributed by atoms with Crippen molar-refractivity contribution in [2.45, 2.75) is 33.4 Å². The zero-order chi connectivity index (χ0) is 15.2. The molecule has 0 aliphatic carbocycles. The highest BCUT2D eigenvalue weighted by Gasteiger charge is 2.12. The summed E-state index contributed by atoms with van der Waals surface area (Å²) in [5.41, 5.74) is 1.27. The van der Waals surface area contributed by atoms with Crippen LogP contribution in [0.15, 0.2) is 41.1 Å². The molecule has 0 atom stereocenters. The van der Waals surface area contributed by atoms with Gasteiger partial charge in [-0.3, -0.25) is 4.79 Å². The molecular formula is C16H20BrN2O2+. The number of hydrogen-bond acceptors (Lipinski definition) is 2. The fourth-order valence-corrected chi connectivity index (χ4v) is 2.45. The van der Waals surface area contributed by atoms with Gasteiger partial charge in [-0.1, -0.05) is 28.1 Å². The Labute approximate surface area is 133 Å². The molecule has 112 valence electrons. The minimum Gasteiger partial charge on any atom is -0.466 e. The lowest BCUT2D eigenvalue weighted by molar-refractivity contribution is -0.694. The van der Waals surface area contributed by atoms with Crippen molar-refractivity contribution in [3.63, 3.8) is 0 Å². The highest BCUT2D eigenvalue weighted by Crippen LogP contribution is 2.10. The van der Waals surface area contributed by atoms with Gasteiger partial charge in [0.15, 0.2) is 0 Å². The van der Waals surface area contributed by atoms with E-state index in [0.29, 0.717) is 6.61 Å².